The van der Waals surface area contributed by atoms with Crippen molar-refractivity contribution >= 4 is 49.6 Å². The van der Waals surface area contributed by atoms with Gasteiger partial charge in [0.25, 0.3) is 17.7 Å². The molecule has 1 aliphatic rings. The van der Waals surface area contributed by atoms with Crippen molar-refractivity contribution < 1.29 is 31.5 Å². The number of thiazole rings is 1. The molecule has 5 rings (SSSR count). The van der Waals surface area contributed by atoms with E-state index in [-0.39, 0.29) is 17.3 Å². The number of nitrogens with zero attached hydrogens (tertiary/aromatic N) is 6. The zero-order chi connectivity index (χ0) is 27.9. The number of rotatable bonds is 9. The van der Waals surface area contributed by atoms with Crippen LogP contribution in [0.2, 0.25) is 0 Å². The topological polar surface area (TPSA) is 153 Å². The summed E-state index contributed by atoms with van der Waals surface area (Å²) in [5.74, 6) is -3.62. The van der Waals surface area contributed by atoms with Crippen molar-refractivity contribution in [2.75, 3.05) is 43.3 Å². The summed E-state index contributed by atoms with van der Waals surface area (Å²) in [5.41, 5.74) is 1.73. The minimum Gasteiger partial charge on any atom is -0.382 e. The van der Waals surface area contributed by atoms with Crippen LogP contribution in [0.15, 0.2) is 42.4 Å². The number of halogens is 2. The second-order valence-electron chi connectivity index (χ2n) is 8.86. The number of methoxy groups -OCH3 is 1. The van der Waals surface area contributed by atoms with E-state index in [4.69, 9.17) is 4.74 Å². The largest absolute Gasteiger partial charge is 0.382 e. The molecule has 2 N–H and O–H groups in total. The van der Waals surface area contributed by atoms with Crippen molar-refractivity contribution in [1.29, 1.82) is 0 Å². The molecule has 1 saturated heterocycles. The van der Waals surface area contributed by atoms with Crippen LogP contribution >= 0.6 is 11.3 Å². The van der Waals surface area contributed by atoms with Crippen LogP contribution in [-0.2, 0) is 19.6 Å². The molecule has 17 heteroatoms. The number of carbonyl (C=O) groups is 2. The molecule has 0 radical (unpaired) electrons. The van der Waals surface area contributed by atoms with E-state index in [9.17, 15) is 26.8 Å². The Morgan fingerprint density at radius 2 is 2.05 bits per heavy atom. The van der Waals surface area contributed by atoms with Crippen LogP contribution < -0.4 is 15.5 Å². The van der Waals surface area contributed by atoms with E-state index in [0.29, 0.717) is 22.6 Å². The molecule has 1 aliphatic heterocycles. The lowest BCUT2D eigenvalue weighted by Gasteiger charge is -2.39. The van der Waals surface area contributed by atoms with Crippen LogP contribution in [0.25, 0.3) is 16.8 Å². The van der Waals surface area contributed by atoms with E-state index in [1.165, 1.54) is 35.1 Å². The smallest absolute Gasteiger partial charge is 0.282 e. The van der Waals surface area contributed by atoms with Crippen molar-refractivity contribution in [2.45, 2.75) is 12.0 Å². The molecule has 13 nitrogen and oxygen atoms in total. The fraction of sp³-hybridized carbons (Fsp3) is 0.318. The predicted octanol–water partition coefficient (Wildman–Crippen LogP) is 1.30. The van der Waals surface area contributed by atoms with Crippen LogP contribution in [0.5, 0.6) is 0 Å². The van der Waals surface area contributed by atoms with Gasteiger partial charge < -0.3 is 20.3 Å². The SMILES string of the molecule is COC[C@H](NC(=O)c1ccn(S(C)(=O)=O)c1)C(=O)Nc1nc(-c2cc3c(N4CC(F)(F)C4)ncnn3c2)cs1. The summed E-state index contributed by atoms with van der Waals surface area (Å²) >= 11 is 1.14. The van der Waals surface area contributed by atoms with E-state index in [0.717, 1.165) is 27.8 Å². The van der Waals surface area contributed by atoms with Gasteiger partial charge in [-0.1, -0.05) is 0 Å². The van der Waals surface area contributed by atoms with Gasteiger partial charge in [-0.2, -0.15) is 5.10 Å². The number of fused-ring (bicyclic) bond motifs is 1. The summed E-state index contributed by atoms with van der Waals surface area (Å²) in [6.07, 6.45) is 6.33. The van der Waals surface area contributed by atoms with Gasteiger partial charge in [-0.3, -0.25) is 13.6 Å². The number of amides is 2. The fourth-order valence-electron chi connectivity index (χ4n) is 3.93. The van der Waals surface area contributed by atoms with Crippen LogP contribution in [0.4, 0.5) is 19.7 Å². The summed E-state index contributed by atoms with van der Waals surface area (Å²) in [7, 11) is -2.20. The van der Waals surface area contributed by atoms with Gasteiger partial charge in [0.15, 0.2) is 10.9 Å². The lowest BCUT2D eigenvalue weighted by Crippen LogP contribution is -2.56. The first kappa shape index (κ1) is 26.6. The van der Waals surface area contributed by atoms with Crippen LogP contribution in [0.3, 0.4) is 0 Å². The first-order valence-corrected chi connectivity index (χ1v) is 14.1. The van der Waals surface area contributed by atoms with Crippen molar-refractivity contribution in [3.05, 3.63) is 48.0 Å². The molecule has 0 bridgehead atoms. The Morgan fingerprint density at radius 1 is 1.28 bits per heavy atom. The first-order chi connectivity index (χ1) is 18.4. The number of aromatic nitrogens is 5. The summed E-state index contributed by atoms with van der Waals surface area (Å²) in [4.78, 5) is 35.6. The molecule has 39 heavy (non-hydrogen) atoms. The highest BCUT2D eigenvalue weighted by molar-refractivity contribution is 7.89. The Bertz CT molecular complexity index is 1660. The average Bonchev–Trinajstić information content (AvgIpc) is 3.60. The monoisotopic (exact) mass is 580 g/mol. The molecule has 2 amide bonds. The molecule has 4 aromatic heterocycles. The van der Waals surface area contributed by atoms with Crippen molar-refractivity contribution in [2.24, 2.45) is 0 Å². The van der Waals surface area contributed by atoms with E-state index in [1.807, 2.05) is 0 Å². The van der Waals surface area contributed by atoms with Gasteiger partial charge in [0.2, 0.25) is 10.0 Å². The van der Waals surface area contributed by atoms with E-state index >= 15 is 0 Å². The number of ether oxygens (including phenoxy) is 1. The van der Waals surface area contributed by atoms with Gasteiger partial charge in [-0.15, -0.1) is 11.3 Å². The maximum Gasteiger partial charge on any atom is 0.282 e. The van der Waals surface area contributed by atoms with Gasteiger partial charge in [-0.25, -0.2) is 31.7 Å². The minimum atomic E-state index is -3.57. The molecule has 4 aromatic rings. The molecule has 0 aromatic carbocycles. The molecule has 206 valence electrons. The number of hydrogen-bond acceptors (Lipinski definition) is 10. The van der Waals surface area contributed by atoms with Gasteiger partial charge in [0.1, 0.15) is 17.9 Å². The molecule has 0 saturated carbocycles. The molecule has 0 spiro atoms. The normalized spacial score (nSPS) is 15.6. The molecule has 0 unspecified atom stereocenters. The lowest BCUT2D eigenvalue weighted by molar-refractivity contribution is -0.119. The Hall–Kier alpha value is -3.96. The number of nitrogens with one attached hydrogen (secondary N) is 2. The third-order valence-corrected chi connectivity index (χ3v) is 7.58. The standard InChI is InChI=1S/C22H22F2N8O5S2/c1-37-8-15(27-19(33)13-3-4-31(6-13)39(2,35)36)20(34)29-21-28-16(9-38-21)14-5-17-18(25-12-26-32(17)7-14)30-10-22(23,24)11-30/h3-7,9,12,15H,8,10-11H2,1-2H3,(H,27,33)(H,28,29,34)/t15-/m0/s1. The van der Waals surface area contributed by atoms with E-state index < -0.39 is 46.9 Å². The second kappa shape index (κ2) is 9.97. The molecular formula is C22H22F2N8O5S2. The second-order valence-corrected chi connectivity index (χ2v) is 11.6. The minimum absolute atomic E-state index is 0.0519. The Kier molecular flexibility index (Phi) is 6.81. The maximum absolute atomic E-state index is 13.4. The van der Waals surface area contributed by atoms with Crippen LogP contribution in [0.1, 0.15) is 10.4 Å². The molecule has 5 heterocycles. The highest BCUT2D eigenvalue weighted by atomic mass is 32.2. The number of anilines is 2. The Labute approximate surface area is 224 Å². The zero-order valence-electron chi connectivity index (χ0n) is 20.5. The summed E-state index contributed by atoms with van der Waals surface area (Å²) in [6, 6.07) is 1.94. The third-order valence-electron chi connectivity index (χ3n) is 5.83. The first-order valence-electron chi connectivity index (χ1n) is 11.3. The summed E-state index contributed by atoms with van der Waals surface area (Å²) in [6.45, 7) is -0.990. The average molecular weight is 581 g/mol. The maximum atomic E-state index is 13.4. The van der Waals surface area contributed by atoms with Crippen molar-refractivity contribution in [3.8, 4) is 11.3 Å². The fourth-order valence-corrected chi connectivity index (χ4v) is 5.24. The quantitative estimate of drug-likeness (QED) is 0.298. The number of alkyl halides is 2. The predicted molar refractivity (Wildman–Crippen MR) is 138 cm³/mol. The van der Waals surface area contributed by atoms with Gasteiger partial charge >= 0.3 is 0 Å². The van der Waals surface area contributed by atoms with Crippen molar-refractivity contribution in [1.82, 2.24) is 28.9 Å². The van der Waals surface area contributed by atoms with Crippen molar-refractivity contribution in [3.63, 3.8) is 0 Å². The zero-order valence-corrected chi connectivity index (χ0v) is 22.2. The third kappa shape index (κ3) is 5.59. The van der Waals surface area contributed by atoms with Crippen LogP contribution in [-0.4, -0.2) is 88.8 Å². The lowest BCUT2D eigenvalue weighted by atomic mass is 10.1. The Balaban J connectivity index is 1.28. The molecule has 1 fully saturated rings. The molecule has 0 aliphatic carbocycles. The summed E-state index contributed by atoms with van der Waals surface area (Å²) in [5, 5.41) is 11.3. The van der Waals surface area contributed by atoms with Gasteiger partial charge in [0, 0.05) is 36.6 Å². The molecular weight excluding hydrogens is 558 g/mol. The van der Waals surface area contributed by atoms with Gasteiger partial charge in [0.05, 0.1) is 37.2 Å². The number of carbonyl (C=O) groups excluding carboxylic acids is 2. The highest BCUT2D eigenvalue weighted by Crippen LogP contribution is 2.34. The number of hydrogen-bond donors (Lipinski definition) is 2. The van der Waals surface area contributed by atoms with E-state index in [2.05, 4.69) is 25.7 Å². The Morgan fingerprint density at radius 3 is 2.72 bits per heavy atom. The molecule has 1 atom stereocenters. The highest BCUT2D eigenvalue weighted by Gasteiger charge is 2.45. The summed E-state index contributed by atoms with van der Waals surface area (Å²) < 4.78 is 57.5. The van der Waals surface area contributed by atoms with E-state index in [1.54, 1.807) is 17.6 Å². The van der Waals surface area contributed by atoms with Crippen LogP contribution in [0, 0.1) is 0 Å². The van der Waals surface area contributed by atoms with Gasteiger partial charge in [-0.05, 0) is 12.1 Å².